The molecule has 150 valence electrons. The molecular weight excluding hydrogens is 398 g/mol. The Hall–Kier alpha value is -2.87. The van der Waals surface area contributed by atoms with E-state index in [1.807, 2.05) is 24.3 Å². The van der Waals surface area contributed by atoms with Crippen molar-refractivity contribution in [2.45, 2.75) is 18.8 Å². The largest absolute Gasteiger partial charge is 0.452 e. The van der Waals surface area contributed by atoms with Crippen LogP contribution in [0.1, 0.15) is 34.1 Å². The first kappa shape index (κ1) is 19.4. The number of esters is 1. The Balaban J connectivity index is 1.37. The highest BCUT2D eigenvalue weighted by molar-refractivity contribution is 7.18. The van der Waals surface area contributed by atoms with Crippen molar-refractivity contribution in [1.82, 2.24) is 9.88 Å². The van der Waals surface area contributed by atoms with Crippen LogP contribution in [0.4, 0.5) is 8.78 Å². The van der Waals surface area contributed by atoms with Crippen LogP contribution >= 0.6 is 11.3 Å². The van der Waals surface area contributed by atoms with Crippen LogP contribution < -0.4 is 0 Å². The summed E-state index contributed by atoms with van der Waals surface area (Å²) >= 11 is 1.63. The lowest BCUT2D eigenvalue weighted by Crippen LogP contribution is -2.41. The number of hydrogen-bond donors (Lipinski definition) is 0. The third kappa shape index (κ3) is 4.27. The van der Waals surface area contributed by atoms with Gasteiger partial charge in [-0.25, -0.2) is 18.6 Å². The van der Waals surface area contributed by atoms with E-state index in [-0.39, 0.29) is 11.8 Å². The van der Waals surface area contributed by atoms with Crippen molar-refractivity contribution < 1.29 is 23.1 Å². The zero-order chi connectivity index (χ0) is 20.4. The molecule has 1 aliphatic rings. The maximum absolute atomic E-state index is 13.7. The zero-order valence-corrected chi connectivity index (χ0v) is 16.3. The lowest BCUT2D eigenvalue weighted by molar-refractivity contribution is -0.135. The van der Waals surface area contributed by atoms with Crippen LogP contribution in [0.5, 0.6) is 0 Å². The Morgan fingerprint density at radius 2 is 2.03 bits per heavy atom. The second-order valence-electron chi connectivity index (χ2n) is 6.90. The van der Waals surface area contributed by atoms with Crippen molar-refractivity contribution in [2.75, 3.05) is 19.7 Å². The fourth-order valence-corrected chi connectivity index (χ4v) is 4.51. The van der Waals surface area contributed by atoms with Crippen LogP contribution in [-0.2, 0) is 9.53 Å². The van der Waals surface area contributed by atoms with E-state index in [4.69, 9.17) is 4.74 Å². The molecule has 29 heavy (non-hydrogen) atoms. The van der Waals surface area contributed by atoms with Gasteiger partial charge in [0.25, 0.3) is 5.91 Å². The minimum absolute atomic E-state index is 0.135. The number of thiazole rings is 1. The van der Waals surface area contributed by atoms with Gasteiger partial charge in [-0.2, -0.15) is 0 Å². The third-order valence-electron chi connectivity index (χ3n) is 4.91. The van der Waals surface area contributed by atoms with E-state index in [1.165, 1.54) is 0 Å². The number of ether oxygens (including phenoxy) is 1. The Morgan fingerprint density at radius 1 is 1.21 bits per heavy atom. The molecule has 1 fully saturated rings. The summed E-state index contributed by atoms with van der Waals surface area (Å²) in [7, 11) is 0. The summed E-state index contributed by atoms with van der Waals surface area (Å²) in [5.41, 5.74) is 0.552. The fraction of sp³-hybridized carbons (Fsp3) is 0.286. The lowest BCUT2D eigenvalue weighted by atomic mass is 9.99. The Labute approximate surface area is 169 Å². The molecule has 2 heterocycles. The predicted octanol–water partition coefficient (Wildman–Crippen LogP) is 4.14. The molecule has 0 saturated carbocycles. The molecule has 1 aromatic heterocycles. The van der Waals surface area contributed by atoms with Crippen LogP contribution in [0, 0.1) is 11.6 Å². The van der Waals surface area contributed by atoms with E-state index in [1.54, 1.807) is 16.2 Å². The van der Waals surface area contributed by atoms with Crippen LogP contribution in [0.25, 0.3) is 10.2 Å². The monoisotopic (exact) mass is 416 g/mol. The molecule has 0 spiro atoms. The van der Waals surface area contributed by atoms with E-state index in [9.17, 15) is 18.4 Å². The maximum Gasteiger partial charge on any atom is 0.341 e. The summed E-state index contributed by atoms with van der Waals surface area (Å²) in [4.78, 5) is 30.8. The first-order valence-corrected chi connectivity index (χ1v) is 10.1. The predicted molar refractivity (Wildman–Crippen MR) is 105 cm³/mol. The van der Waals surface area contributed by atoms with Gasteiger partial charge < -0.3 is 9.64 Å². The van der Waals surface area contributed by atoms with E-state index < -0.39 is 29.8 Å². The molecule has 4 rings (SSSR count). The minimum Gasteiger partial charge on any atom is -0.452 e. The highest BCUT2D eigenvalue weighted by atomic mass is 32.1. The van der Waals surface area contributed by atoms with Crippen molar-refractivity contribution >= 4 is 33.4 Å². The molecule has 0 radical (unpaired) electrons. The summed E-state index contributed by atoms with van der Waals surface area (Å²) in [6.45, 7) is 0.589. The van der Waals surface area contributed by atoms with Crippen molar-refractivity contribution in [3.8, 4) is 0 Å². The molecule has 3 aromatic rings. The van der Waals surface area contributed by atoms with E-state index in [0.29, 0.717) is 19.2 Å². The number of fused-ring (bicyclic) bond motifs is 1. The standard InChI is InChI=1S/C21H18F2N2O3S/c22-14-7-8-15(16(23)10-14)21(27)28-12-19(26)25-9-3-4-13(11-25)20-24-17-5-1-2-6-18(17)29-20/h1-2,5-8,10,13H,3-4,9,11-12H2/t13-/m1/s1. The van der Waals surface area contributed by atoms with Gasteiger partial charge in [-0.3, -0.25) is 4.79 Å². The molecule has 5 nitrogen and oxygen atoms in total. The second-order valence-corrected chi connectivity index (χ2v) is 7.96. The van der Waals surface area contributed by atoms with Crippen LogP contribution in [0.15, 0.2) is 42.5 Å². The van der Waals surface area contributed by atoms with Gasteiger partial charge in [-0.15, -0.1) is 11.3 Å². The minimum atomic E-state index is -1.02. The van der Waals surface area contributed by atoms with Crippen molar-refractivity contribution in [2.24, 2.45) is 0 Å². The SMILES string of the molecule is O=C(OCC(=O)N1CCC[C@@H](c2nc3ccccc3s2)C1)c1ccc(F)cc1F. The van der Waals surface area contributed by atoms with Gasteiger partial charge >= 0.3 is 5.97 Å². The van der Waals surface area contributed by atoms with Crippen molar-refractivity contribution in [3.63, 3.8) is 0 Å². The van der Waals surface area contributed by atoms with Gasteiger partial charge in [0.15, 0.2) is 6.61 Å². The molecule has 1 amide bonds. The number of rotatable bonds is 4. The molecule has 1 aliphatic heterocycles. The quantitative estimate of drug-likeness (QED) is 0.600. The van der Waals surface area contributed by atoms with E-state index in [0.717, 1.165) is 40.2 Å². The van der Waals surface area contributed by atoms with Gasteiger partial charge in [0.2, 0.25) is 0 Å². The fourth-order valence-electron chi connectivity index (χ4n) is 3.42. The van der Waals surface area contributed by atoms with Gasteiger partial charge in [0.1, 0.15) is 11.6 Å². The summed E-state index contributed by atoms with van der Waals surface area (Å²) in [6, 6.07) is 10.5. The molecule has 1 saturated heterocycles. The van der Waals surface area contributed by atoms with Crippen LogP contribution in [-0.4, -0.2) is 41.5 Å². The number of carbonyl (C=O) groups excluding carboxylic acids is 2. The highest BCUT2D eigenvalue weighted by Gasteiger charge is 2.27. The lowest BCUT2D eigenvalue weighted by Gasteiger charge is -2.31. The molecule has 2 aromatic carbocycles. The first-order chi connectivity index (χ1) is 14.0. The van der Waals surface area contributed by atoms with E-state index >= 15 is 0 Å². The van der Waals surface area contributed by atoms with Gasteiger partial charge in [-0.05, 0) is 37.1 Å². The van der Waals surface area contributed by atoms with Crippen molar-refractivity contribution in [3.05, 3.63) is 64.7 Å². The van der Waals surface area contributed by atoms with Gasteiger partial charge in [0, 0.05) is 25.1 Å². The van der Waals surface area contributed by atoms with Crippen LogP contribution in [0.3, 0.4) is 0 Å². The summed E-state index contributed by atoms with van der Waals surface area (Å²) in [6.07, 6.45) is 1.76. The number of halogens is 2. The molecule has 8 heteroatoms. The number of hydrogen-bond acceptors (Lipinski definition) is 5. The summed E-state index contributed by atoms with van der Waals surface area (Å²) in [5.74, 6) is -3.00. The molecule has 0 unspecified atom stereocenters. The number of para-hydroxylation sites is 1. The number of piperidine rings is 1. The topological polar surface area (TPSA) is 59.5 Å². The first-order valence-electron chi connectivity index (χ1n) is 9.26. The molecule has 0 bridgehead atoms. The van der Waals surface area contributed by atoms with Crippen molar-refractivity contribution in [1.29, 1.82) is 0 Å². The van der Waals surface area contributed by atoms with E-state index in [2.05, 4.69) is 4.98 Å². The number of aromatic nitrogens is 1. The molecule has 0 aliphatic carbocycles. The van der Waals surface area contributed by atoms with Crippen LogP contribution in [0.2, 0.25) is 0 Å². The summed E-state index contributed by atoms with van der Waals surface area (Å²) < 4.78 is 32.7. The van der Waals surface area contributed by atoms with Gasteiger partial charge in [0.05, 0.1) is 20.8 Å². The molecular formula is C21H18F2N2O3S. The third-order valence-corrected chi connectivity index (χ3v) is 6.11. The number of amides is 1. The maximum atomic E-state index is 13.7. The number of likely N-dealkylation sites (tertiary alicyclic amines) is 1. The number of benzene rings is 2. The molecule has 1 atom stereocenters. The average Bonchev–Trinajstić information content (AvgIpc) is 3.16. The van der Waals surface area contributed by atoms with Gasteiger partial charge in [-0.1, -0.05) is 12.1 Å². The number of carbonyl (C=O) groups is 2. The Bertz CT molecular complexity index is 1040. The number of nitrogens with zero attached hydrogens (tertiary/aromatic N) is 2. The highest BCUT2D eigenvalue weighted by Crippen LogP contribution is 2.33. The normalized spacial score (nSPS) is 16.8. The Kier molecular flexibility index (Phi) is 5.53. The smallest absolute Gasteiger partial charge is 0.341 e. The summed E-state index contributed by atoms with van der Waals surface area (Å²) in [5, 5.41) is 0.995. The second kappa shape index (κ2) is 8.24. The molecule has 0 N–H and O–H groups in total. The average molecular weight is 416 g/mol. The zero-order valence-electron chi connectivity index (χ0n) is 15.4. The Morgan fingerprint density at radius 3 is 2.83 bits per heavy atom.